The first kappa shape index (κ1) is 15.8. The molecule has 0 atom stereocenters. The van der Waals surface area contributed by atoms with E-state index in [0.717, 1.165) is 42.0 Å². The molecule has 1 aliphatic heterocycles. The number of aromatic nitrogens is 3. The molecule has 0 aliphatic carbocycles. The molecule has 0 fully saturated rings. The molecule has 0 saturated carbocycles. The molecule has 5 nitrogen and oxygen atoms in total. The molecule has 0 radical (unpaired) electrons. The molecule has 3 aromatic heterocycles. The minimum Gasteiger partial charge on any atom is -0.461 e. The van der Waals surface area contributed by atoms with E-state index >= 15 is 0 Å². The number of furan rings is 1. The van der Waals surface area contributed by atoms with Gasteiger partial charge in [0, 0.05) is 59.4 Å². The predicted molar refractivity (Wildman–Crippen MR) is 104 cm³/mol. The number of aromatic amines is 1. The Kier molecular flexibility index (Phi) is 3.87. The number of halogens is 1. The standard InChI is InChI=1S/C20H17BrN4O/c21-15-3-4-18-16(8-15)13(9-22-18)11-25-6-5-17-14(12-25)10-23-20(24-17)19-2-1-7-26-19/h1-4,7-10,22H,5-6,11-12H2. The molecule has 0 saturated heterocycles. The van der Waals surface area contributed by atoms with E-state index < -0.39 is 0 Å². The van der Waals surface area contributed by atoms with Crippen LogP contribution in [0.2, 0.25) is 0 Å². The van der Waals surface area contributed by atoms with Crippen molar-refractivity contribution >= 4 is 26.8 Å². The topological polar surface area (TPSA) is 58.0 Å². The second kappa shape index (κ2) is 6.37. The van der Waals surface area contributed by atoms with E-state index in [1.807, 2.05) is 18.3 Å². The lowest BCUT2D eigenvalue weighted by atomic mass is 10.1. The van der Waals surface area contributed by atoms with Gasteiger partial charge < -0.3 is 9.40 Å². The van der Waals surface area contributed by atoms with Crippen LogP contribution in [0.15, 0.2) is 57.9 Å². The molecule has 0 spiro atoms. The van der Waals surface area contributed by atoms with Crippen molar-refractivity contribution < 1.29 is 4.42 Å². The highest BCUT2D eigenvalue weighted by Gasteiger charge is 2.20. The molecule has 1 aliphatic rings. The quantitative estimate of drug-likeness (QED) is 0.540. The zero-order valence-electron chi connectivity index (χ0n) is 14.1. The molecule has 4 aromatic rings. The van der Waals surface area contributed by atoms with Gasteiger partial charge in [-0.15, -0.1) is 0 Å². The first-order chi connectivity index (χ1) is 12.8. The number of benzene rings is 1. The fraction of sp³-hybridized carbons (Fsp3) is 0.200. The lowest BCUT2D eigenvalue weighted by Crippen LogP contribution is -2.30. The fourth-order valence-electron chi connectivity index (χ4n) is 3.56. The van der Waals surface area contributed by atoms with Crippen LogP contribution >= 0.6 is 15.9 Å². The van der Waals surface area contributed by atoms with Gasteiger partial charge in [0.1, 0.15) is 0 Å². The minimum atomic E-state index is 0.670. The normalized spacial score (nSPS) is 14.7. The maximum absolute atomic E-state index is 5.41. The van der Waals surface area contributed by atoms with Gasteiger partial charge in [0.05, 0.1) is 12.0 Å². The Balaban J connectivity index is 1.38. The molecular formula is C20H17BrN4O. The molecule has 0 amide bonds. The van der Waals surface area contributed by atoms with Crippen LogP contribution in [0.1, 0.15) is 16.8 Å². The van der Waals surface area contributed by atoms with Crippen LogP contribution in [0.4, 0.5) is 0 Å². The van der Waals surface area contributed by atoms with Gasteiger partial charge in [0.2, 0.25) is 0 Å². The third kappa shape index (κ3) is 2.85. The van der Waals surface area contributed by atoms with Crippen molar-refractivity contribution in [1.82, 2.24) is 19.9 Å². The molecule has 0 bridgehead atoms. The van der Waals surface area contributed by atoms with Gasteiger partial charge in [-0.1, -0.05) is 15.9 Å². The highest BCUT2D eigenvalue weighted by molar-refractivity contribution is 9.10. The largest absolute Gasteiger partial charge is 0.461 e. The van der Waals surface area contributed by atoms with E-state index in [-0.39, 0.29) is 0 Å². The van der Waals surface area contributed by atoms with Crippen LogP contribution in [0.5, 0.6) is 0 Å². The molecule has 1 aromatic carbocycles. The molecule has 130 valence electrons. The van der Waals surface area contributed by atoms with Gasteiger partial charge in [0.25, 0.3) is 0 Å². The fourth-order valence-corrected chi connectivity index (χ4v) is 3.92. The van der Waals surface area contributed by atoms with Gasteiger partial charge in [-0.3, -0.25) is 4.90 Å². The van der Waals surface area contributed by atoms with Crippen LogP contribution in [-0.4, -0.2) is 26.4 Å². The first-order valence-corrected chi connectivity index (χ1v) is 9.42. The van der Waals surface area contributed by atoms with Crippen LogP contribution in [0.3, 0.4) is 0 Å². The summed E-state index contributed by atoms with van der Waals surface area (Å²) >= 11 is 3.57. The van der Waals surface area contributed by atoms with Crippen molar-refractivity contribution in [2.24, 2.45) is 0 Å². The van der Waals surface area contributed by atoms with Gasteiger partial charge in [0.15, 0.2) is 11.6 Å². The Morgan fingerprint density at radius 1 is 1.27 bits per heavy atom. The number of fused-ring (bicyclic) bond motifs is 2. The number of hydrogen-bond acceptors (Lipinski definition) is 4. The van der Waals surface area contributed by atoms with Gasteiger partial charge >= 0.3 is 0 Å². The summed E-state index contributed by atoms with van der Waals surface area (Å²) in [6, 6.07) is 10.1. The van der Waals surface area contributed by atoms with Gasteiger partial charge in [-0.25, -0.2) is 9.97 Å². The second-order valence-corrected chi connectivity index (χ2v) is 7.52. The smallest absolute Gasteiger partial charge is 0.195 e. The highest BCUT2D eigenvalue weighted by atomic mass is 79.9. The van der Waals surface area contributed by atoms with Gasteiger partial charge in [-0.2, -0.15) is 0 Å². The Morgan fingerprint density at radius 3 is 3.12 bits per heavy atom. The molecular weight excluding hydrogens is 392 g/mol. The van der Waals surface area contributed by atoms with E-state index in [2.05, 4.69) is 55.2 Å². The molecule has 5 rings (SSSR count). The van der Waals surface area contributed by atoms with E-state index in [0.29, 0.717) is 5.82 Å². The number of hydrogen-bond donors (Lipinski definition) is 1. The maximum Gasteiger partial charge on any atom is 0.195 e. The van der Waals surface area contributed by atoms with Crippen molar-refractivity contribution in [3.63, 3.8) is 0 Å². The van der Waals surface area contributed by atoms with E-state index in [4.69, 9.17) is 9.40 Å². The Labute approximate surface area is 159 Å². The summed E-state index contributed by atoms with van der Waals surface area (Å²) in [4.78, 5) is 15.0. The average molecular weight is 409 g/mol. The Bertz CT molecular complexity index is 1070. The number of H-pyrrole nitrogens is 1. The predicted octanol–water partition coefficient (Wildman–Crippen LogP) is 4.54. The molecule has 0 unspecified atom stereocenters. The number of nitrogens with one attached hydrogen (secondary N) is 1. The van der Waals surface area contributed by atoms with Crippen LogP contribution in [0.25, 0.3) is 22.5 Å². The average Bonchev–Trinajstić information content (AvgIpc) is 3.32. The summed E-state index contributed by atoms with van der Waals surface area (Å²) in [7, 11) is 0. The third-order valence-corrected chi connectivity index (χ3v) is 5.37. The number of nitrogens with zero attached hydrogens (tertiary/aromatic N) is 3. The van der Waals surface area contributed by atoms with E-state index in [9.17, 15) is 0 Å². The van der Waals surface area contributed by atoms with Crippen LogP contribution in [-0.2, 0) is 19.5 Å². The van der Waals surface area contributed by atoms with Crippen LogP contribution in [0, 0.1) is 0 Å². The third-order valence-electron chi connectivity index (χ3n) is 4.88. The molecule has 4 heterocycles. The van der Waals surface area contributed by atoms with E-state index in [1.165, 1.54) is 22.0 Å². The lowest BCUT2D eigenvalue weighted by Gasteiger charge is -2.27. The van der Waals surface area contributed by atoms with Gasteiger partial charge in [-0.05, 0) is 35.9 Å². The van der Waals surface area contributed by atoms with E-state index in [1.54, 1.807) is 6.26 Å². The monoisotopic (exact) mass is 408 g/mol. The lowest BCUT2D eigenvalue weighted by molar-refractivity contribution is 0.244. The molecule has 26 heavy (non-hydrogen) atoms. The Hall–Kier alpha value is -2.44. The molecule has 1 N–H and O–H groups in total. The zero-order chi connectivity index (χ0) is 17.5. The Morgan fingerprint density at radius 2 is 2.23 bits per heavy atom. The van der Waals surface area contributed by atoms with Crippen molar-refractivity contribution in [3.05, 3.63) is 70.3 Å². The summed E-state index contributed by atoms with van der Waals surface area (Å²) in [6.45, 7) is 2.77. The van der Waals surface area contributed by atoms with Crippen LogP contribution < -0.4 is 0 Å². The summed E-state index contributed by atoms with van der Waals surface area (Å²) in [5.74, 6) is 1.39. The maximum atomic E-state index is 5.41. The van der Waals surface area contributed by atoms with Crippen molar-refractivity contribution in [1.29, 1.82) is 0 Å². The summed E-state index contributed by atoms with van der Waals surface area (Å²) in [6.07, 6.45) is 6.64. The highest BCUT2D eigenvalue weighted by Crippen LogP contribution is 2.26. The zero-order valence-corrected chi connectivity index (χ0v) is 15.7. The number of rotatable bonds is 3. The SMILES string of the molecule is Brc1ccc2[nH]cc(CN3CCc4nc(-c5ccco5)ncc4C3)c2c1. The summed E-state index contributed by atoms with van der Waals surface area (Å²) in [5, 5.41) is 1.27. The molecule has 6 heteroatoms. The van der Waals surface area contributed by atoms with Crippen molar-refractivity contribution in [2.75, 3.05) is 6.54 Å². The minimum absolute atomic E-state index is 0.670. The summed E-state index contributed by atoms with van der Waals surface area (Å²) < 4.78 is 6.51. The summed E-state index contributed by atoms with van der Waals surface area (Å²) in [5.41, 5.74) is 4.82. The second-order valence-electron chi connectivity index (χ2n) is 6.61. The first-order valence-electron chi connectivity index (χ1n) is 8.63. The van der Waals surface area contributed by atoms with Crippen molar-refractivity contribution in [2.45, 2.75) is 19.5 Å². The van der Waals surface area contributed by atoms with Crippen molar-refractivity contribution in [3.8, 4) is 11.6 Å².